The van der Waals surface area contributed by atoms with E-state index in [4.69, 9.17) is 14.2 Å². The predicted molar refractivity (Wildman–Crippen MR) is 137 cm³/mol. The summed E-state index contributed by atoms with van der Waals surface area (Å²) in [4.78, 5) is 40.5. The molecule has 3 rings (SSSR count). The Bertz CT molecular complexity index is 1050. The van der Waals surface area contributed by atoms with Crippen molar-refractivity contribution >= 4 is 23.3 Å². The third-order valence-electron chi connectivity index (χ3n) is 6.39. The molecule has 0 aliphatic carbocycles. The van der Waals surface area contributed by atoms with Gasteiger partial charge in [-0.05, 0) is 62.4 Å². The van der Waals surface area contributed by atoms with Crippen molar-refractivity contribution < 1.29 is 28.6 Å². The van der Waals surface area contributed by atoms with Gasteiger partial charge in [-0.2, -0.15) is 0 Å². The van der Waals surface area contributed by atoms with Crippen molar-refractivity contribution in [2.75, 3.05) is 32.7 Å². The lowest BCUT2D eigenvalue weighted by atomic mass is 9.93. The molecule has 36 heavy (non-hydrogen) atoms. The van der Waals surface area contributed by atoms with Crippen molar-refractivity contribution in [2.24, 2.45) is 5.92 Å². The number of benzene rings is 2. The first-order valence-electron chi connectivity index (χ1n) is 12.5. The topological polar surface area (TPSA) is 94.2 Å². The standard InChI is InChI=1S/C28H36N2O6/c1-5-9-23(31)21(28(33)36-6-2)13-15-26-29-22-11-8-7-10-20(22)27(32)30(26)17-16-19-12-14-24(34-3)25(18-19)35-4/h7-8,10-12,14,18,21,26,29H,5-6,9,13,15-17H2,1-4H3. The number of amides is 1. The number of carbonyl (C=O) groups is 3. The van der Waals surface area contributed by atoms with Gasteiger partial charge in [-0.3, -0.25) is 14.4 Å². The van der Waals surface area contributed by atoms with E-state index in [1.54, 1.807) is 32.1 Å². The number of ether oxygens (including phenoxy) is 3. The maximum Gasteiger partial charge on any atom is 0.316 e. The van der Waals surface area contributed by atoms with Gasteiger partial charge in [-0.15, -0.1) is 0 Å². The zero-order valence-corrected chi connectivity index (χ0v) is 21.5. The fourth-order valence-corrected chi connectivity index (χ4v) is 4.52. The van der Waals surface area contributed by atoms with Crippen molar-refractivity contribution in [2.45, 2.75) is 52.1 Å². The van der Waals surface area contributed by atoms with Gasteiger partial charge >= 0.3 is 5.97 Å². The zero-order chi connectivity index (χ0) is 26.1. The Morgan fingerprint density at radius 3 is 2.50 bits per heavy atom. The normalized spacial score (nSPS) is 15.5. The molecule has 0 aromatic heterocycles. The summed E-state index contributed by atoms with van der Waals surface area (Å²) in [5, 5.41) is 3.45. The number of ketones is 1. The summed E-state index contributed by atoms with van der Waals surface area (Å²) in [5.74, 6) is -0.239. The lowest BCUT2D eigenvalue weighted by Crippen LogP contribution is -2.50. The van der Waals surface area contributed by atoms with Gasteiger partial charge in [0, 0.05) is 18.7 Å². The van der Waals surface area contributed by atoms with Gasteiger partial charge in [-0.1, -0.05) is 25.1 Å². The molecule has 1 aliphatic rings. The van der Waals surface area contributed by atoms with E-state index in [0.29, 0.717) is 55.7 Å². The number of hydrogen-bond donors (Lipinski definition) is 1. The SMILES string of the molecule is CCCC(=O)C(CCC1Nc2ccccc2C(=O)N1CCc1ccc(OC)c(OC)c1)C(=O)OCC. The second kappa shape index (κ2) is 13.0. The fourth-order valence-electron chi connectivity index (χ4n) is 4.52. The maximum atomic E-state index is 13.5. The predicted octanol–water partition coefficient (Wildman–Crippen LogP) is 4.47. The average Bonchev–Trinajstić information content (AvgIpc) is 2.88. The highest BCUT2D eigenvalue weighted by atomic mass is 16.5. The van der Waals surface area contributed by atoms with Crippen LogP contribution in [-0.2, 0) is 20.7 Å². The highest BCUT2D eigenvalue weighted by Crippen LogP contribution is 2.30. The number of nitrogens with one attached hydrogen (secondary N) is 1. The Morgan fingerprint density at radius 2 is 1.81 bits per heavy atom. The summed E-state index contributed by atoms with van der Waals surface area (Å²) in [6.45, 7) is 4.31. The lowest BCUT2D eigenvalue weighted by Gasteiger charge is -2.38. The molecule has 2 aromatic rings. The van der Waals surface area contributed by atoms with Gasteiger partial charge in [0.05, 0.1) is 26.4 Å². The summed E-state index contributed by atoms with van der Waals surface area (Å²) in [5.41, 5.74) is 2.35. The molecule has 0 spiro atoms. The number of nitrogens with zero attached hydrogens (tertiary/aromatic N) is 1. The fraction of sp³-hybridized carbons (Fsp3) is 0.464. The van der Waals surface area contributed by atoms with E-state index in [1.807, 2.05) is 43.3 Å². The van der Waals surface area contributed by atoms with Gasteiger partial charge in [-0.25, -0.2) is 0 Å². The van der Waals surface area contributed by atoms with Gasteiger partial charge in [0.1, 0.15) is 17.9 Å². The van der Waals surface area contributed by atoms with Crippen molar-refractivity contribution in [3.63, 3.8) is 0 Å². The van der Waals surface area contributed by atoms with E-state index in [2.05, 4.69) is 5.32 Å². The van der Waals surface area contributed by atoms with Crippen LogP contribution in [0.5, 0.6) is 11.5 Å². The molecule has 2 aromatic carbocycles. The number of methoxy groups -OCH3 is 2. The molecule has 0 bridgehead atoms. The Morgan fingerprint density at radius 1 is 1.06 bits per heavy atom. The van der Waals surface area contributed by atoms with E-state index >= 15 is 0 Å². The van der Waals surface area contributed by atoms with Crippen molar-refractivity contribution in [3.8, 4) is 11.5 Å². The average molecular weight is 497 g/mol. The monoisotopic (exact) mass is 496 g/mol. The molecule has 1 N–H and O–H groups in total. The second-order valence-corrected chi connectivity index (χ2v) is 8.74. The molecule has 1 aliphatic heterocycles. The Balaban J connectivity index is 1.80. The number of Topliss-reactive ketones (excluding diaryl/α,β-unsaturated/α-hetero) is 1. The third kappa shape index (κ3) is 6.36. The molecule has 0 saturated heterocycles. The number of rotatable bonds is 13. The molecule has 0 saturated carbocycles. The first-order chi connectivity index (χ1) is 17.4. The molecule has 8 heteroatoms. The van der Waals surface area contributed by atoms with Crippen LogP contribution in [0, 0.1) is 5.92 Å². The van der Waals surface area contributed by atoms with Crippen molar-refractivity contribution in [1.82, 2.24) is 4.90 Å². The number of esters is 1. The maximum absolute atomic E-state index is 13.5. The van der Waals surface area contributed by atoms with Crippen LogP contribution in [0.2, 0.25) is 0 Å². The number of fused-ring (bicyclic) bond motifs is 1. The summed E-state index contributed by atoms with van der Waals surface area (Å²) in [6, 6.07) is 13.1. The number of anilines is 1. The molecule has 8 nitrogen and oxygen atoms in total. The molecule has 0 fully saturated rings. The van der Waals surface area contributed by atoms with Crippen LogP contribution in [0.4, 0.5) is 5.69 Å². The van der Waals surface area contributed by atoms with Crippen LogP contribution in [-0.4, -0.2) is 56.1 Å². The quantitative estimate of drug-likeness (QED) is 0.323. The van der Waals surface area contributed by atoms with E-state index in [-0.39, 0.29) is 24.5 Å². The smallest absolute Gasteiger partial charge is 0.316 e. The first kappa shape index (κ1) is 27.0. The van der Waals surface area contributed by atoms with Crippen molar-refractivity contribution in [3.05, 3.63) is 53.6 Å². The largest absolute Gasteiger partial charge is 0.493 e. The van der Waals surface area contributed by atoms with Crippen LogP contribution in [0.15, 0.2) is 42.5 Å². The Labute approximate surface area is 212 Å². The molecule has 1 amide bonds. The van der Waals surface area contributed by atoms with E-state index in [0.717, 1.165) is 11.3 Å². The van der Waals surface area contributed by atoms with Crippen LogP contribution in [0.3, 0.4) is 0 Å². The minimum atomic E-state index is -0.827. The van der Waals surface area contributed by atoms with Crippen LogP contribution in [0.1, 0.15) is 55.5 Å². The number of para-hydroxylation sites is 1. The number of carbonyl (C=O) groups excluding carboxylic acids is 3. The van der Waals surface area contributed by atoms with Gasteiger partial charge in [0.25, 0.3) is 5.91 Å². The lowest BCUT2D eigenvalue weighted by molar-refractivity contribution is -0.152. The molecular weight excluding hydrogens is 460 g/mol. The molecule has 2 atom stereocenters. The van der Waals surface area contributed by atoms with Gasteiger partial charge < -0.3 is 24.4 Å². The van der Waals surface area contributed by atoms with Crippen LogP contribution in [0.25, 0.3) is 0 Å². The van der Waals surface area contributed by atoms with Gasteiger partial charge in [0.15, 0.2) is 11.5 Å². The van der Waals surface area contributed by atoms with Crippen molar-refractivity contribution in [1.29, 1.82) is 0 Å². The molecule has 194 valence electrons. The van der Waals surface area contributed by atoms with E-state index in [1.165, 1.54) is 0 Å². The zero-order valence-electron chi connectivity index (χ0n) is 21.5. The van der Waals surface area contributed by atoms with E-state index < -0.39 is 11.9 Å². The van der Waals surface area contributed by atoms with Crippen LogP contribution >= 0.6 is 0 Å². The molecular formula is C28H36N2O6. The third-order valence-corrected chi connectivity index (χ3v) is 6.39. The summed E-state index contributed by atoms with van der Waals surface area (Å²) >= 11 is 0. The molecule has 1 heterocycles. The summed E-state index contributed by atoms with van der Waals surface area (Å²) in [6.07, 6.45) is 1.97. The van der Waals surface area contributed by atoms with Crippen LogP contribution < -0.4 is 14.8 Å². The minimum absolute atomic E-state index is 0.0811. The minimum Gasteiger partial charge on any atom is -0.493 e. The number of hydrogen-bond acceptors (Lipinski definition) is 7. The highest BCUT2D eigenvalue weighted by Gasteiger charge is 2.34. The summed E-state index contributed by atoms with van der Waals surface area (Å²) < 4.78 is 15.9. The highest BCUT2D eigenvalue weighted by molar-refractivity contribution is 6.02. The summed E-state index contributed by atoms with van der Waals surface area (Å²) in [7, 11) is 3.18. The molecule has 2 unspecified atom stereocenters. The Kier molecular flexibility index (Phi) is 9.73. The Hall–Kier alpha value is -3.55. The van der Waals surface area contributed by atoms with Gasteiger partial charge in [0.2, 0.25) is 0 Å². The van der Waals surface area contributed by atoms with E-state index in [9.17, 15) is 14.4 Å². The molecule has 0 radical (unpaired) electrons. The second-order valence-electron chi connectivity index (χ2n) is 8.74. The first-order valence-corrected chi connectivity index (χ1v) is 12.5.